The molecule has 1 amide bonds. The standard InChI is InChI=1S/C13H20N2O2S/c1-13(2,3)18-9-12(16)15(4)10-6-7-11(17-5)14-8-10/h6-8H,9H2,1-5H3. The predicted octanol–water partition coefficient (Wildman–Crippen LogP) is 2.58. The number of carbonyl (C=O) groups excluding carboxylic acids is 1. The zero-order valence-corrected chi connectivity index (χ0v) is 12.4. The molecule has 0 unspecified atom stereocenters. The lowest BCUT2D eigenvalue weighted by Gasteiger charge is -2.21. The maximum Gasteiger partial charge on any atom is 0.236 e. The number of rotatable bonds is 4. The number of nitrogens with zero attached hydrogens (tertiary/aromatic N) is 2. The van der Waals surface area contributed by atoms with E-state index < -0.39 is 0 Å². The highest BCUT2D eigenvalue weighted by Crippen LogP contribution is 2.24. The Balaban J connectivity index is 2.62. The number of aromatic nitrogens is 1. The molecule has 0 fully saturated rings. The monoisotopic (exact) mass is 268 g/mol. The first-order valence-corrected chi connectivity index (χ1v) is 6.72. The third kappa shape index (κ3) is 4.56. The van der Waals surface area contributed by atoms with Gasteiger partial charge in [0.15, 0.2) is 0 Å². The quantitative estimate of drug-likeness (QED) is 0.841. The molecule has 1 aromatic rings. The van der Waals surface area contributed by atoms with Crippen LogP contribution in [0.3, 0.4) is 0 Å². The maximum atomic E-state index is 12.0. The molecule has 5 heteroatoms. The van der Waals surface area contributed by atoms with E-state index >= 15 is 0 Å². The van der Waals surface area contributed by atoms with Crippen molar-refractivity contribution >= 4 is 23.4 Å². The number of anilines is 1. The Kier molecular flexibility index (Phi) is 5.02. The van der Waals surface area contributed by atoms with Crippen molar-refractivity contribution in [3.63, 3.8) is 0 Å². The van der Waals surface area contributed by atoms with Crippen molar-refractivity contribution in [2.24, 2.45) is 0 Å². The molecular formula is C13H20N2O2S. The van der Waals surface area contributed by atoms with Crippen LogP contribution in [0, 0.1) is 0 Å². The molecule has 0 radical (unpaired) electrons. The Hall–Kier alpha value is -1.23. The summed E-state index contributed by atoms with van der Waals surface area (Å²) < 4.78 is 5.07. The van der Waals surface area contributed by atoms with E-state index in [1.54, 1.807) is 43.1 Å². The summed E-state index contributed by atoms with van der Waals surface area (Å²) >= 11 is 1.64. The number of pyridine rings is 1. The number of ether oxygens (including phenoxy) is 1. The third-order valence-corrected chi connectivity index (χ3v) is 3.58. The highest BCUT2D eigenvalue weighted by atomic mass is 32.2. The van der Waals surface area contributed by atoms with E-state index in [9.17, 15) is 4.79 Å². The van der Waals surface area contributed by atoms with Crippen LogP contribution in [0.15, 0.2) is 18.3 Å². The van der Waals surface area contributed by atoms with Gasteiger partial charge in [-0.05, 0) is 6.07 Å². The molecule has 0 bridgehead atoms. The molecule has 0 aliphatic carbocycles. The number of hydrogen-bond donors (Lipinski definition) is 0. The number of amides is 1. The fourth-order valence-electron chi connectivity index (χ4n) is 1.21. The summed E-state index contributed by atoms with van der Waals surface area (Å²) in [5.41, 5.74) is 0.773. The fourth-order valence-corrected chi connectivity index (χ4v) is 1.96. The smallest absolute Gasteiger partial charge is 0.236 e. The normalized spacial score (nSPS) is 11.2. The van der Waals surface area contributed by atoms with Crippen LogP contribution in [0.4, 0.5) is 5.69 Å². The third-order valence-electron chi connectivity index (χ3n) is 2.32. The van der Waals surface area contributed by atoms with Crippen LogP contribution >= 0.6 is 11.8 Å². The lowest BCUT2D eigenvalue weighted by molar-refractivity contribution is -0.115. The van der Waals surface area contributed by atoms with E-state index in [1.807, 2.05) is 6.07 Å². The van der Waals surface area contributed by atoms with Gasteiger partial charge in [-0.1, -0.05) is 20.8 Å². The Morgan fingerprint density at radius 3 is 2.56 bits per heavy atom. The first-order valence-electron chi connectivity index (χ1n) is 5.74. The van der Waals surface area contributed by atoms with Crippen LogP contribution in [-0.2, 0) is 4.79 Å². The number of hydrogen-bond acceptors (Lipinski definition) is 4. The first-order chi connectivity index (χ1) is 8.33. The zero-order valence-electron chi connectivity index (χ0n) is 11.6. The minimum atomic E-state index is 0.0712. The van der Waals surface area contributed by atoms with Gasteiger partial charge in [0.25, 0.3) is 0 Å². The van der Waals surface area contributed by atoms with Gasteiger partial charge >= 0.3 is 0 Å². The van der Waals surface area contributed by atoms with Crippen molar-refractivity contribution in [3.8, 4) is 5.88 Å². The largest absolute Gasteiger partial charge is 0.481 e. The molecular weight excluding hydrogens is 248 g/mol. The second-order valence-electron chi connectivity index (χ2n) is 4.91. The molecule has 1 heterocycles. The summed E-state index contributed by atoms with van der Waals surface area (Å²) in [7, 11) is 3.33. The van der Waals surface area contributed by atoms with Crippen LogP contribution in [-0.4, -0.2) is 35.5 Å². The highest BCUT2D eigenvalue weighted by molar-refractivity contribution is 8.01. The van der Waals surface area contributed by atoms with Crippen molar-refractivity contribution in [2.45, 2.75) is 25.5 Å². The average Bonchev–Trinajstić information content (AvgIpc) is 2.34. The molecule has 0 saturated carbocycles. The first kappa shape index (κ1) is 14.8. The summed E-state index contributed by atoms with van der Waals surface area (Å²) in [4.78, 5) is 17.7. The van der Waals surface area contributed by atoms with Crippen molar-refractivity contribution < 1.29 is 9.53 Å². The minimum Gasteiger partial charge on any atom is -0.481 e. The lowest BCUT2D eigenvalue weighted by atomic mass is 10.3. The van der Waals surface area contributed by atoms with E-state index in [0.717, 1.165) is 5.69 Å². The molecule has 1 aromatic heterocycles. The molecule has 100 valence electrons. The van der Waals surface area contributed by atoms with Gasteiger partial charge in [0.2, 0.25) is 11.8 Å². The summed E-state index contributed by atoms with van der Waals surface area (Å²) in [6, 6.07) is 3.57. The highest BCUT2D eigenvalue weighted by Gasteiger charge is 2.17. The van der Waals surface area contributed by atoms with Crippen molar-refractivity contribution in [2.75, 3.05) is 24.8 Å². The topological polar surface area (TPSA) is 42.4 Å². The van der Waals surface area contributed by atoms with Crippen LogP contribution in [0.2, 0.25) is 0 Å². The summed E-state index contributed by atoms with van der Waals surface area (Å²) in [5.74, 6) is 1.08. The number of thioether (sulfide) groups is 1. The number of methoxy groups -OCH3 is 1. The van der Waals surface area contributed by atoms with E-state index in [1.165, 1.54) is 0 Å². The molecule has 0 saturated heterocycles. The molecule has 0 aromatic carbocycles. The van der Waals surface area contributed by atoms with Gasteiger partial charge in [-0.25, -0.2) is 4.98 Å². The van der Waals surface area contributed by atoms with Gasteiger partial charge in [0.1, 0.15) is 0 Å². The Bertz CT molecular complexity index is 398. The maximum absolute atomic E-state index is 12.0. The predicted molar refractivity (Wildman–Crippen MR) is 76.4 cm³/mol. The van der Waals surface area contributed by atoms with E-state index in [0.29, 0.717) is 11.6 Å². The van der Waals surface area contributed by atoms with Crippen LogP contribution in [0.1, 0.15) is 20.8 Å². The van der Waals surface area contributed by atoms with Gasteiger partial charge in [0.05, 0.1) is 24.7 Å². The fraction of sp³-hybridized carbons (Fsp3) is 0.538. The molecule has 1 rings (SSSR count). The summed E-state index contributed by atoms with van der Waals surface area (Å²) in [6.07, 6.45) is 1.64. The average molecular weight is 268 g/mol. The molecule has 0 spiro atoms. The summed E-state index contributed by atoms with van der Waals surface area (Å²) in [6.45, 7) is 6.29. The summed E-state index contributed by atoms with van der Waals surface area (Å²) in [5, 5.41) is 0. The second kappa shape index (κ2) is 6.09. The minimum absolute atomic E-state index is 0.0712. The SMILES string of the molecule is COc1ccc(N(C)C(=O)CSC(C)(C)C)cn1. The van der Waals surface area contributed by atoms with E-state index in [-0.39, 0.29) is 10.7 Å². The molecule has 0 aliphatic rings. The number of carbonyl (C=O) groups is 1. The van der Waals surface area contributed by atoms with Gasteiger partial charge in [-0.2, -0.15) is 0 Å². The Morgan fingerprint density at radius 2 is 2.11 bits per heavy atom. The molecule has 4 nitrogen and oxygen atoms in total. The zero-order chi connectivity index (χ0) is 13.8. The van der Waals surface area contributed by atoms with Crippen molar-refractivity contribution in [1.29, 1.82) is 0 Å². The van der Waals surface area contributed by atoms with Gasteiger partial charge < -0.3 is 9.64 Å². The van der Waals surface area contributed by atoms with Crippen LogP contribution in [0.25, 0.3) is 0 Å². The van der Waals surface area contributed by atoms with Gasteiger partial charge in [-0.3, -0.25) is 4.79 Å². The molecule has 0 N–H and O–H groups in total. The van der Waals surface area contributed by atoms with Crippen LogP contribution in [0.5, 0.6) is 5.88 Å². The van der Waals surface area contributed by atoms with Gasteiger partial charge in [0, 0.05) is 17.9 Å². The van der Waals surface area contributed by atoms with Gasteiger partial charge in [-0.15, -0.1) is 11.8 Å². The molecule has 0 aliphatic heterocycles. The van der Waals surface area contributed by atoms with Crippen LogP contribution < -0.4 is 9.64 Å². The van der Waals surface area contributed by atoms with E-state index in [4.69, 9.17) is 4.74 Å². The molecule has 18 heavy (non-hydrogen) atoms. The second-order valence-corrected chi connectivity index (χ2v) is 6.71. The lowest BCUT2D eigenvalue weighted by Crippen LogP contribution is -2.29. The Morgan fingerprint density at radius 1 is 1.44 bits per heavy atom. The van der Waals surface area contributed by atoms with Crippen molar-refractivity contribution in [3.05, 3.63) is 18.3 Å². The van der Waals surface area contributed by atoms with E-state index in [2.05, 4.69) is 25.8 Å². The Labute approximate surface area is 113 Å². The molecule has 0 atom stereocenters. The van der Waals surface area contributed by atoms with Crippen molar-refractivity contribution in [1.82, 2.24) is 4.98 Å².